The summed E-state index contributed by atoms with van der Waals surface area (Å²) in [5, 5.41) is 0. The van der Waals surface area contributed by atoms with Crippen molar-refractivity contribution in [2.45, 2.75) is 35.7 Å². The Morgan fingerprint density at radius 3 is 1.22 bits per heavy atom. The van der Waals surface area contributed by atoms with Crippen LogP contribution in [0.1, 0.15) is 34.3 Å². The van der Waals surface area contributed by atoms with E-state index in [1.807, 2.05) is 0 Å². The molecule has 2 aliphatic rings. The fraction of sp³-hybridized carbons (Fsp3) is 0.359. The van der Waals surface area contributed by atoms with Gasteiger partial charge in [-0.3, -0.25) is 14.6 Å². The first kappa shape index (κ1) is 39.1. The number of Topliss-reactive ketones (excluding diaryl/α,β-unsaturated/α-hetero) is 1. The first-order valence-electron chi connectivity index (χ1n) is 17.7. The van der Waals surface area contributed by atoms with Gasteiger partial charge in [0.1, 0.15) is 11.6 Å². The highest BCUT2D eigenvalue weighted by Gasteiger charge is 2.40. The Kier molecular flexibility index (Phi) is 11.1. The van der Waals surface area contributed by atoms with Crippen LogP contribution in [-0.2, 0) is 24.5 Å². The number of carbonyl (C=O) groups is 1. The fourth-order valence-corrected chi connectivity index (χ4v) is 8.96. The third kappa shape index (κ3) is 8.23. The molecule has 4 aromatic rings. The number of benzene rings is 4. The molecule has 15 heteroatoms. The second-order valence-electron chi connectivity index (χ2n) is 14.2. The van der Waals surface area contributed by atoms with E-state index in [9.17, 15) is 25.6 Å². The van der Waals surface area contributed by atoms with Crippen LogP contribution in [0.5, 0.6) is 0 Å². The van der Waals surface area contributed by atoms with Crippen LogP contribution in [0, 0.1) is 25.5 Å². The van der Waals surface area contributed by atoms with Gasteiger partial charge in [0.15, 0.2) is 25.5 Å². The summed E-state index contributed by atoms with van der Waals surface area (Å²) >= 11 is 0. The smallest absolute Gasteiger partial charge is 0.176 e. The van der Waals surface area contributed by atoms with Gasteiger partial charge in [-0.05, 0) is 96.8 Å². The van der Waals surface area contributed by atoms with Gasteiger partial charge in [-0.2, -0.15) is 0 Å². The van der Waals surface area contributed by atoms with Crippen molar-refractivity contribution < 1.29 is 30.4 Å². The summed E-state index contributed by atoms with van der Waals surface area (Å²) in [6, 6.07) is 16.7. The van der Waals surface area contributed by atoms with Crippen molar-refractivity contribution in [3.63, 3.8) is 0 Å². The highest BCUT2D eigenvalue weighted by Crippen LogP contribution is 2.38. The lowest BCUT2D eigenvalue weighted by Gasteiger charge is -2.44. The zero-order valence-electron chi connectivity index (χ0n) is 30.8. The summed E-state index contributed by atoms with van der Waals surface area (Å²) in [4.78, 5) is 23.9. The van der Waals surface area contributed by atoms with Crippen LogP contribution in [0.15, 0.2) is 82.6 Å². The predicted molar refractivity (Wildman–Crippen MR) is 208 cm³/mol. The van der Waals surface area contributed by atoms with Crippen molar-refractivity contribution >= 4 is 48.2 Å². The summed E-state index contributed by atoms with van der Waals surface area (Å²) in [5.74, 6) is -0.951. The molecule has 54 heavy (non-hydrogen) atoms. The minimum Gasteiger partial charge on any atom is -0.397 e. The second kappa shape index (κ2) is 15.3. The molecule has 0 amide bonds. The molecule has 0 aliphatic carbocycles. The lowest BCUT2D eigenvalue weighted by Crippen LogP contribution is -2.53. The number of hydrogen-bond acceptors (Lipinski definition) is 11. The number of aryl methyl sites for hydroxylation is 2. The van der Waals surface area contributed by atoms with Crippen LogP contribution < -0.4 is 21.3 Å². The molecular weight excluding hydrogens is 735 g/mol. The number of piperazine rings is 2. The summed E-state index contributed by atoms with van der Waals surface area (Å²) < 4.78 is 77.4. The molecule has 2 atom stereocenters. The van der Waals surface area contributed by atoms with E-state index >= 15 is 4.79 Å². The molecule has 11 nitrogen and oxygen atoms in total. The van der Waals surface area contributed by atoms with E-state index in [-0.39, 0.29) is 15.6 Å². The molecule has 2 aliphatic heterocycles. The van der Waals surface area contributed by atoms with Crippen LogP contribution >= 0.6 is 0 Å². The zero-order valence-corrected chi connectivity index (χ0v) is 32.4. The molecule has 0 bridgehead atoms. The number of nitrogen functional groups attached to an aromatic ring is 2. The summed E-state index contributed by atoms with van der Waals surface area (Å²) in [5.41, 5.74) is 17.4. The summed E-state index contributed by atoms with van der Waals surface area (Å²) in [6.45, 7) is 7.34. The fourth-order valence-electron chi connectivity index (χ4n) is 7.65. The van der Waals surface area contributed by atoms with Crippen molar-refractivity contribution in [1.29, 1.82) is 0 Å². The molecule has 2 unspecified atom stereocenters. The largest absolute Gasteiger partial charge is 0.397 e. The number of ketones is 1. The van der Waals surface area contributed by atoms with Gasteiger partial charge >= 0.3 is 0 Å². The molecule has 0 radical (unpaired) electrons. The quantitative estimate of drug-likeness (QED) is 0.218. The average Bonchev–Trinajstić information content (AvgIpc) is 3.10. The molecular formula is C39H46F2N6O5S2. The van der Waals surface area contributed by atoms with Gasteiger partial charge in [0.2, 0.25) is 0 Å². The van der Waals surface area contributed by atoms with Crippen LogP contribution in [0.2, 0.25) is 0 Å². The molecule has 2 saturated heterocycles. The molecule has 0 aromatic heterocycles. The molecule has 0 saturated carbocycles. The van der Waals surface area contributed by atoms with Gasteiger partial charge in [-0.15, -0.1) is 0 Å². The van der Waals surface area contributed by atoms with Crippen LogP contribution in [0.25, 0.3) is 0 Å². The maximum absolute atomic E-state index is 15.3. The number of nitrogens with two attached hydrogens (primary N) is 2. The SMILES string of the molecule is Cc1cc(F)ccc1C(C(=O)C(c1ccc(F)cc1C)N1CCN(c2ccc(S(C)(=O)=O)cc2N)CC1)N1CCN(c2ccc(S(C)(=O)=O)cc2N)CC1. The van der Waals surface area contributed by atoms with Gasteiger partial charge in [0.25, 0.3) is 0 Å². The Bertz CT molecular complexity index is 2130. The van der Waals surface area contributed by atoms with E-state index < -0.39 is 43.4 Å². The van der Waals surface area contributed by atoms with Gasteiger partial charge in [0, 0.05) is 64.9 Å². The molecule has 4 aromatic carbocycles. The third-order valence-electron chi connectivity index (χ3n) is 10.5. The maximum atomic E-state index is 15.3. The lowest BCUT2D eigenvalue weighted by atomic mass is 9.87. The van der Waals surface area contributed by atoms with Crippen molar-refractivity contribution in [2.75, 3.05) is 86.1 Å². The van der Waals surface area contributed by atoms with Crippen molar-refractivity contribution in [2.24, 2.45) is 0 Å². The average molecular weight is 781 g/mol. The lowest BCUT2D eigenvalue weighted by molar-refractivity contribution is -0.130. The van der Waals surface area contributed by atoms with Crippen molar-refractivity contribution in [3.8, 4) is 0 Å². The molecule has 0 spiro atoms. The number of anilines is 4. The van der Waals surface area contributed by atoms with Gasteiger partial charge in [0.05, 0.1) is 44.6 Å². The van der Waals surface area contributed by atoms with E-state index in [4.69, 9.17) is 11.5 Å². The van der Waals surface area contributed by atoms with E-state index in [1.54, 1.807) is 38.1 Å². The number of rotatable bonds is 10. The maximum Gasteiger partial charge on any atom is 0.176 e. The molecule has 4 N–H and O–H groups in total. The second-order valence-corrected chi connectivity index (χ2v) is 18.3. The third-order valence-corrected chi connectivity index (χ3v) is 12.7. The number of halogens is 2. The minimum atomic E-state index is -3.44. The Morgan fingerprint density at radius 1 is 0.574 bits per heavy atom. The van der Waals surface area contributed by atoms with Gasteiger partial charge < -0.3 is 21.3 Å². The van der Waals surface area contributed by atoms with E-state index in [1.165, 1.54) is 48.5 Å². The predicted octanol–water partition coefficient (Wildman–Crippen LogP) is 4.55. The Hall–Kier alpha value is -4.57. The van der Waals surface area contributed by atoms with Crippen molar-refractivity contribution in [3.05, 3.63) is 107 Å². The van der Waals surface area contributed by atoms with E-state index in [2.05, 4.69) is 19.6 Å². The topological polar surface area (TPSA) is 150 Å². The van der Waals surface area contributed by atoms with E-state index in [0.29, 0.717) is 97.4 Å². The summed E-state index contributed by atoms with van der Waals surface area (Å²) in [6.07, 6.45) is 2.26. The first-order chi connectivity index (χ1) is 25.4. The monoisotopic (exact) mass is 780 g/mol. The molecule has 2 heterocycles. The molecule has 288 valence electrons. The normalized spacial score (nSPS) is 17.4. The molecule has 6 rings (SSSR count). The number of carbonyl (C=O) groups excluding carboxylic acids is 1. The highest BCUT2D eigenvalue weighted by molar-refractivity contribution is 7.91. The number of nitrogens with zero attached hydrogens (tertiary/aromatic N) is 4. The van der Waals surface area contributed by atoms with Gasteiger partial charge in [-0.25, -0.2) is 25.6 Å². The van der Waals surface area contributed by atoms with E-state index in [0.717, 1.165) is 12.5 Å². The standard InChI is InChI=1S/C39H46F2N6O5S2/c1-25-21-27(40)5-9-31(25)37(46-17-13-44(14-18-46)35-11-7-29(23-33(35)42)53(3,49)50)39(48)38(32-10-6-28(41)22-26(32)2)47-19-15-45(16-20-47)36-12-8-30(24-34(36)43)54(4,51)52/h5-12,21-24,37-38H,13-20,42-43H2,1-4H3. The highest BCUT2D eigenvalue weighted by atomic mass is 32.2. The Morgan fingerprint density at radius 2 is 0.926 bits per heavy atom. The summed E-state index contributed by atoms with van der Waals surface area (Å²) in [7, 11) is -6.87. The molecule has 2 fully saturated rings. The Labute approximate surface area is 316 Å². The van der Waals surface area contributed by atoms with Crippen LogP contribution in [0.4, 0.5) is 31.5 Å². The minimum absolute atomic E-state index is 0.129. The van der Waals surface area contributed by atoms with Crippen LogP contribution in [-0.4, -0.2) is 97.3 Å². The zero-order chi connectivity index (χ0) is 39.1. The first-order valence-corrected chi connectivity index (χ1v) is 21.4. The van der Waals surface area contributed by atoms with Crippen molar-refractivity contribution in [1.82, 2.24) is 9.80 Å². The van der Waals surface area contributed by atoms with Crippen LogP contribution in [0.3, 0.4) is 0 Å². The number of sulfone groups is 2. The number of hydrogen-bond donors (Lipinski definition) is 2. The van der Waals surface area contributed by atoms with Gasteiger partial charge in [-0.1, -0.05) is 12.1 Å². The Balaban J connectivity index is 1.31.